The van der Waals surface area contributed by atoms with E-state index in [0.29, 0.717) is 0 Å². The number of aliphatic hydroxyl groups excluding tert-OH is 1. The van der Waals surface area contributed by atoms with Gasteiger partial charge in [-0.1, -0.05) is 66.2 Å². The van der Waals surface area contributed by atoms with Gasteiger partial charge < -0.3 is 5.11 Å². The van der Waals surface area contributed by atoms with E-state index in [4.69, 9.17) is 11.6 Å². The molecule has 0 atom stereocenters. The van der Waals surface area contributed by atoms with Gasteiger partial charge in [-0.2, -0.15) is 0 Å². The standard InChI is InChI=1S/C30H24ClNO/c31-22-12-7-20(8-13-22)30-27(25-6-3-17-32-28(25)18-33)16-11-21-10-14-24-23-5-2-1-4-19(23)9-15-26(24)29(21)30/h1-8,10,12-14,17,33H,9,11,15-16,18H2. The van der Waals surface area contributed by atoms with Gasteiger partial charge in [0.25, 0.3) is 0 Å². The number of halogens is 1. The zero-order valence-electron chi connectivity index (χ0n) is 18.3. The van der Waals surface area contributed by atoms with E-state index in [1.54, 1.807) is 6.20 Å². The summed E-state index contributed by atoms with van der Waals surface area (Å²) in [4.78, 5) is 4.48. The highest BCUT2D eigenvalue weighted by molar-refractivity contribution is 6.30. The molecule has 2 aliphatic carbocycles. The van der Waals surface area contributed by atoms with Gasteiger partial charge in [0.05, 0.1) is 12.3 Å². The second kappa shape index (κ2) is 8.30. The van der Waals surface area contributed by atoms with Crippen LogP contribution in [-0.2, 0) is 25.9 Å². The number of aromatic nitrogens is 1. The molecule has 0 saturated carbocycles. The van der Waals surface area contributed by atoms with E-state index in [1.807, 2.05) is 18.2 Å². The molecule has 0 amide bonds. The lowest BCUT2D eigenvalue weighted by Crippen LogP contribution is -2.14. The highest BCUT2D eigenvalue weighted by Gasteiger charge is 2.28. The molecule has 0 spiro atoms. The Morgan fingerprint density at radius 2 is 1.52 bits per heavy atom. The Bertz CT molecular complexity index is 1400. The second-order valence-corrected chi connectivity index (χ2v) is 9.24. The van der Waals surface area contributed by atoms with Gasteiger partial charge in [0.15, 0.2) is 0 Å². The summed E-state index contributed by atoms with van der Waals surface area (Å²) in [5.41, 5.74) is 13.8. The first-order valence-electron chi connectivity index (χ1n) is 11.5. The number of hydrogen-bond acceptors (Lipinski definition) is 2. The summed E-state index contributed by atoms with van der Waals surface area (Å²) in [5, 5.41) is 10.8. The SMILES string of the molecule is OCc1ncccc1C1=C(c2ccc(Cl)cc2)c2c(ccc3c2CCc2ccccc2-3)CC1. The number of nitrogens with zero attached hydrogens (tertiary/aromatic N) is 1. The zero-order valence-corrected chi connectivity index (χ0v) is 19.1. The minimum Gasteiger partial charge on any atom is -0.390 e. The van der Waals surface area contributed by atoms with Crippen molar-refractivity contribution in [2.45, 2.75) is 32.3 Å². The second-order valence-electron chi connectivity index (χ2n) is 8.80. The number of rotatable bonds is 3. The Labute approximate surface area is 199 Å². The van der Waals surface area contributed by atoms with Crippen molar-refractivity contribution in [1.82, 2.24) is 4.98 Å². The number of hydrogen-bond donors (Lipinski definition) is 1. The first kappa shape index (κ1) is 20.4. The van der Waals surface area contributed by atoms with Crippen LogP contribution in [0.1, 0.15) is 45.5 Å². The topological polar surface area (TPSA) is 33.1 Å². The highest BCUT2D eigenvalue weighted by Crippen LogP contribution is 2.47. The Morgan fingerprint density at radius 1 is 0.727 bits per heavy atom. The predicted molar refractivity (Wildman–Crippen MR) is 135 cm³/mol. The molecule has 3 heteroatoms. The van der Waals surface area contributed by atoms with Gasteiger partial charge in [0, 0.05) is 16.8 Å². The average Bonchev–Trinajstić information content (AvgIpc) is 2.88. The summed E-state index contributed by atoms with van der Waals surface area (Å²) < 4.78 is 0. The quantitative estimate of drug-likeness (QED) is 0.369. The molecule has 1 aromatic heterocycles. The van der Waals surface area contributed by atoms with E-state index in [2.05, 4.69) is 59.6 Å². The molecule has 0 bridgehead atoms. The molecule has 2 nitrogen and oxygen atoms in total. The van der Waals surface area contributed by atoms with Crippen molar-refractivity contribution in [2.24, 2.45) is 0 Å². The largest absolute Gasteiger partial charge is 0.390 e. The molecule has 0 aliphatic heterocycles. The fourth-order valence-electron chi connectivity index (χ4n) is 5.57. The third kappa shape index (κ3) is 3.42. The van der Waals surface area contributed by atoms with Crippen LogP contribution in [0.2, 0.25) is 5.02 Å². The van der Waals surface area contributed by atoms with Gasteiger partial charge in [-0.05, 0) is 94.0 Å². The minimum atomic E-state index is -0.0687. The molecule has 0 radical (unpaired) electrons. The van der Waals surface area contributed by atoms with Gasteiger partial charge in [0.2, 0.25) is 0 Å². The van der Waals surface area contributed by atoms with E-state index in [-0.39, 0.29) is 6.61 Å². The molecule has 6 rings (SSSR count). The van der Waals surface area contributed by atoms with Crippen molar-refractivity contribution < 1.29 is 5.11 Å². The molecule has 33 heavy (non-hydrogen) atoms. The number of benzene rings is 3. The smallest absolute Gasteiger partial charge is 0.0859 e. The van der Waals surface area contributed by atoms with Crippen LogP contribution in [0, 0.1) is 0 Å². The minimum absolute atomic E-state index is 0.0687. The number of pyridine rings is 1. The lowest BCUT2D eigenvalue weighted by atomic mass is 9.73. The maximum absolute atomic E-state index is 10.0. The molecule has 1 heterocycles. The highest BCUT2D eigenvalue weighted by atomic mass is 35.5. The Hall–Kier alpha value is -3.20. The normalized spacial score (nSPS) is 14.5. The van der Waals surface area contributed by atoms with Crippen molar-refractivity contribution in [2.75, 3.05) is 0 Å². The van der Waals surface area contributed by atoms with E-state index < -0.39 is 0 Å². The van der Waals surface area contributed by atoms with E-state index in [1.165, 1.54) is 44.5 Å². The van der Waals surface area contributed by atoms with Crippen LogP contribution >= 0.6 is 11.6 Å². The van der Waals surface area contributed by atoms with Crippen molar-refractivity contribution >= 4 is 22.7 Å². The van der Waals surface area contributed by atoms with Crippen LogP contribution < -0.4 is 0 Å². The summed E-state index contributed by atoms with van der Waals surface area (Å²) in [6.45, 7) is -0.0687. The van der Waals surface area contributed by atoms with E-state index in [9.17, 15) is 5.11 Å². The predicted octanol–water partition coefficient (Wildman–Crippen LogP) is 6.90. The molecule has 2 aliphatic rings. The summed E-state index contributed by atoms with van der Waals surface area (Å²) in [6.07, 6.45) is 5.74. The summed E-state index contributed by atoms with van der Waals surface area (Å²) in [7, 11) is 0. The third-order valence-electron chi connectivity index (χ3n) is 7.05. The Kier molecular flexibility index (Phi) is 5.13. The molecular formula is C30H24ClNO. The first-order chi connectivity index (χ1) is 16.2. The summed E-state index contributed by atoms with van der Waals surface area (Å²) >= 11 is 6.26. The zero-order chi connectivity index (χ0) is 22.4. The lowest BCUT2D eigenvalue weighted by Gasteiger charge is -2.31. The molecular weight excluding hydrogens is 426 g/mol. The maximum atomic E-state index is 10.0. The van der Waals surface area contributed by atoms with Crippen LogP contribution in [0.15, 0.2) is 79.0 Å². The number of allylic oxidation sites excluding steroid dienone is 1. The Balaban J connectivity index is 1.67. The fraction of sp³-hybridized carbons (Fsp3) is 0.167. The van der Waals surface area contributed by atoms with Crippen molar-refractivity contribution in [1.29, 1.82) is 0 Å². The van der Waals surface area contributed by atoms with Crippen molar-refractivity contribution in [3.05, 3.63) is 123 Å². The van der Waals surface area contributed by atoms with Crippen molar-refractivity contribution in [3.8, 4) is 11.1 Å². The molecule has 4 aromatic rings. The third-order valence-corrected chi connectivity index (χ3v) is 7.30. The maximum Gasteiger partial charge on any atom is 0.0859 e. The Morgan fingerprint density at radius 3 is 2.36 bits per heavy atom. The first-order valence-corrected chi connectivity index (χ1v) is 11.9. The molecule has 0 fully saturated rings. The lowest BCUT2D eigenvalue weighted by molar-refractivity contribution is 0.276. The monoisotopic (exact) mass is 449 g/mol. The van der Waals surface area contributed by atoms with Crippen LogP contribution in [0.4, 0.5) is 0 Å². The molecule has 162 valence electrons. The van der Waals surface area contributed by atoms with Gasteiger partial charge in [-0.15, -0.1) is 0 Å². The molecule has 0 unspecified atom stereocenters. The van der Waals surface area contributed by atoms with Crippen LogP contribution in [0.25, 0.3) is 22.3 Å². The number of fused-ring (bicyclic) bond motifs is 5. The van der Waals surface area contributed by atoms with E-state index in [0.717, 1.165) is 47.5 Å². The summed E-state index contributed by atoms with van der Waals surface area (Å²) in [5.74, 6) is 0. The van der Waals surface area contributed by atoms with Gasteiger partial charge >= 0.3 is 0 Å². The molecule has 3 aromatic carbocycles. The molecule has 1 N–H and O–H groups in total. The van der Waals surface area contributed by atoms with Crippen LogP contribution in [0.3, 0.4) is 0 Å². The van der Waals surface area contributed by atoms with E-state index >= 15 is 0 Å². The summed E-state index contributed by atoms with van der Waals surface area (Å²) in [6, 6.07) is 25.7. The van der Waals surface area contributed by atoms with Crippen molar-refractivity contribution in [3.63, 3.8) is 0 Å². The number of aryl methyl sites for hydroxylation is 2. The van der Waals surface area contributed by atoms with Gasteiger partial charge in [-0.25, -0.2) is 0 Å². The van der Waals surface area contributed by atoms with Gasteiger partial charge in [0.1, 0.15) is 0 Å². The molecule has 0 saturated heterocycles. The number of aliphatic hydroxyl groups is 1. The van der Waals surface area contributed by atoms with Crippen LogP contribution in [0.5, 0.6) is 0 Å². The average molecular weight is 450 g/mol. The van der Waals surface area contributed by atoms with Gasteiger partial charge in [-0.3, -0.25) is 4.98 Å². The van der Waals surface area contributed by atoms with Crippen LogP contribution in [-0.4, -0.2) is 10.1 Å². The fourth-order valence-corrected chi connectivity index (χ4v) is 5.69.